The molecule has 0 aliphatic rings. The van der Waals surface area contributed by atoms with Crippen molar-refractivity contribution in [1.29, 1.82) is 0 Å². The highest BCUT2D eigenvalue weighted by Crippen LogP contribution is 2.12. The normalized spacial score (nSPS) is 13.3. The number of thiazole rings is 1. The van der Waals surface area contributed by atoms with Gasteiger partial charge in [0.25, 0.3) is 0 Å². The molecule has 0 radical (unpaired) electrons. The number of rotatable bonds is 7. The molecule has 5 heteroatoms. The number of aliphatic hydroxyl groups is 1. The van der Waals surface area contributed by atoms with Crippen LogP contribution >= 0.6 is 11.3 Å². The molecule has 0 bridgehead atoms. The summed E-state index contributed by atoms with van der Waals surface area (Å²) in [5.41, 5.74) is 3.00. The van der Waals surface area contributed by atoms with E-state index in [1.165, 1.54) is 4.88 Å². The van der Waals surface area contributed by atoms with Crippen LogP contribution in [-0.4, -0.2) is 54.9 Å². The average Bonchev–Trinajstić information content (AvgIpc) is 2.61. The minimum atomic E-state index is -0.405. The first-order chi connectivity index (χ1) is 7.63. The number of nitrogens with zero attached hydrogens (tertiary/aromatic N) is 2. The van der Waals surface area contributed by atoms with Crippen molar-refractivity contribution in [1.82, 2.24) is 9.88 Å². The predicted molar refractivity (Wildman–Crippen MR) is 65.9 cm³/mol. The Balaban J connectivity index is 2.25. The molecule has 0 aliphatic carbocycles. The van der Waals surface area contributed by atoms with Gasteiger partial charge >= 0.3 is 0 Å². The van der Waals surface area contributed by atoms with Crippen molar-refractivity contribution >= 4 is 11.3 Å². The number of aromatic nitrogens is 1. The first-order valence-electron chi connectivity index (χ1n) is 5.38. The second-order valence-electron chi connectivity index (χ2n) is 3.98. The van der Waals surface area contributed by atoms with Crippen LogP contribution in [0.5, 0.6) is 0 Å². The van der Waals surface area contributed by atoms with Gasteiger partial charge in [-0.25, -0.2) is 4.98 Å². The molecule has 0 saturated carbocycles. The van der Waals surface area contributed by atoms with E-state index >= 15 is 0 Å². The molecule has 1 N–H and O–H groups in total. The highest BCUT2D eigenvalue weighted by atomic mass is 32.1. The van der Waals surface area contributed by atoms with E-state index in [2.05, 4.69) is 9.88 Å². The number of hydrogen-bond donors (Lipinski definition) is 1. The zero-order valence-corrected chi connectivity index (χ0v) is 11.0. The third-order valence-electron chi connectivity index (χ3n) is 2.45. The van der Waals surface area contributed by atoms with Gasteiger partial charge in [-0.2, -0.15) is 0 Å². The molecular formula is C11H20N2O2S. The topological polar surface area (TPSA) is 45.6 Å². The zero-order valence-electron chi connectivity index (χ0n) is 10.1. The summed E-state index contributed by atoms with van der Waals surface area (Å²) in [5, 5.41) is 9.55. The van der Waals surface area contributed by atoms with Gasteiger partial charge in [0, 0.05) is 25.1 Å². The molecule has 0 saturated heterocycles. The van der Waals surface area contributed by atoms with Gasteiger partial charge in [0.1, 0.15) is 0 Å². The Labute approximate surface area is 101 Å². The third kappa shape index (κ3) is 4.57. The molecule has 1 atom stereocenters. The SMILES string of the molecule is COCC(O)CN(C)CCc1scnc1C. The highest BCUT2D eigenvalue weighted by molar-refractivity contribution is 7.09. The maximum absolute atomic E-state index is 9.55. The van der Waals surface area contributed by atoms with Crippen LogP contribution in [0.25, 0.3) is 0 Å². The summed E-state index contributed by atoms with van der Waals surface area (Å²) in [6.07, 6.45) is 0.588. The molecule has 16 heavy (non-hydrogen) atoms. The molecule has 1 aromatic heterocycles. The van der Waals surface area contributed by atoms with Crippen LogP contribution in [0.2, 0.25) is 0 Å². The fraction of sp³-hybridized carbons (Fsp3) is 0.727. The molecular weight excluding hydrogens is 224 g/mol. The lowest BCUT2D eigenvalue weighted by Gasteiger charge is -2.19. The Morgan fingerprint density at radius 2 is 2.38 bits per heavy atom. The van der Waals surface area contributed by atoms with Crippen molar-refractivity contribution < 1.29 is 9.84 Å². The Morgan fingerprint density at radius 1 is 1.62 bits per heavy atom. The first kappa shape index (κ1) is 13.6. The van der Waals surface area contributed by atoms with E-state index in [4.69, 9.17) is 4.74 Å². The van der Waals surface area contributed by atoms with Gasteiger partial charge in [-0.1, -0.05) is 0 Å². The Kier molecular flexibility index (Phi) is 5.90. The molecule has 0 spiro atoms. The number of aliphatic hydroxyl groups excluding tert-OH is 1. The highest BCUT2D eigenvalue weighted by Gasteiger charge is 2.09. The van der Waals surface area contributed by atoms with E-state index in [0.717, 1.165) is 18.7 Å². The molecule has 0 aromatic carbocycles. The van der Waals surface area contributed by atoms with E-state index in [1.54, 1.807) is 18.4 Å². The minimum Gasteiger partial charge on any atom is -0.389 e. The summed E-state index contributed by atoms with van der Waals surface area (Å²) >= 11 is 1.70. The molecule has 4 nitrogen and oxygen atoms in total. The molecule has 0 fully saturated rings. The number of likely N-dealkylation sites (N-methyl/N-ethyl adjacent to an activating group) is 1. The largest absolute Gasteiger partial charge is 0.389 e. The predicted octanol–water partition coefficient (Wildman–Crippen LogP) is 0.933. The second-order valence-corrected chi connectivity index (χ2v) is 4.92. The summed E-state index contributed by atoms with van der Waals surface area (Å²) in [4.78, 5) is 7.66. The molecule has 0 amide bonds. The van der Waals surface area contributed by atoms with Gasteiger partial charge in [0.2, 0.25) is 0 Å². The van der Waals surface area contributed by atoms with Crippen LogP contribution in [0.4, 0.5) is 0 Å². The number of methoxy groups -OCH3 is 1. The maximum Gasteiger partial charge on any atom is 0.0899 e. The minimum absolute atomic E-state index is 0.393. The van der Waals surface area contributed by atoms with Gasteiger partial charge < -0.3 is 14.7 Å². The van der Waals surface area contributed by atoms with Crippen molar-refractivity contribution in [3.63, 3.8) is 0 Å². The Morgan fingerprint density at radius 3 is 2.94 bits per heavy atom. The van der Waals surface area contributed by atoms with Gasteiger partial charge in [-0.15, -0.1) is 11.3 Å². The number of aryl methyl sites for hydroxylation is 1. The zero-order chi connectivity index (χ0) is 12.0. The molecule has 1 unspecified atom stereocenters. The summed E-state index contributed by atoms with van der Waals surface area (Å²) < 4.78 is 4.89. The summed E-state index contributed by atoms with van der Waals surface area (Å²) in [5.74, 6) is 0. The number of hydrogen-bond acceptors (Lipinski definition) is 5. The van der Waals surface area contributed by atoms with Gasteiger partial charge in [-0.05, 0) is 20.4 Å². The van der Waals surface area contributed by atoms with Crippen molar-refractivity contribution in [2.45, 2.75) is 19.4 Å². The van der Waals surface area contributed by atoms with Crippen LogP contribution in [0.15, 0.2) is 5.51 Å². The number of ether oxygens (including phenoxy) is 1. The van der Waals surface area contributed by atoms with Crippen molar-refractivity contribution in [2.24, 2.45) is 0 Å². The lowest BCUT2D eigenvalue weighted by atomic mass is 10.2. The van der Waals surface area contributed by atoms with Crippen LogP contribution in [0, 0.1) is 6.92 Å². The van der Waals surface area contributed by atoms with Crippen LogP contribution in [0.3, 0.4) is 0 Å². The summed E-state index contributed by atoms with van der Waals surface area (Å²) in [6.45, 7) is 4.00. The summed E-state index contributed by atoms with van der Waals surface area (Å²) in [7, 11) is 3.61. The van der Waals surface area contributed by atoms with Crippen LogP contribution in [-0.2, 0) is 11.2 Å². The lowest BCUT2D eigenvalue weighted by molar-refractivity contribution is 0.0435. The molecule has 0 aliphatic heterocycles. The first-order valence-corrected chi connectivity index (χ1v) is 6.26. The maximum atomic E-state index is 9.55. The fourth-order valence-corrected chi connectivity index (χ4v) is 2.33. The average molecular weight is 244 g/mol. The van der Waals surface area contributed by atoms with Crippen molar-refractivity contribution in [3.05, 3.63) is 16.1 Å². The van der Waals surface area contributed by atoms with E-state index in [0.29, 0.717) is 13.2 Å². The molecule has 1 aromatic rings. The van der Waals surface area contributed by atoms with E-state index < -0.39 is 6.10 Å². The Bertz CT molecular complexity index is 304. The fourth-order valence-electron chi connectivity index (χ4n) is 1.55. The van der Waals surface area contributed by atoms with Crippen LogP contribution < -0.4 is 0 Å². The van der Waals surface area contributed by atoms with Crippen LogP contribution in [0.1, 0.15) is 10.6 Å². The van der Waals surface area contributed by atoms with Gasteiger partial charge in [0.15, 0.2) is 0 Å². The quantitative estimate of drug-likeness (QED) is 0.775. The van der Waals surface area contributed by atoms with Crippen molar-refractivity contribution in [3.8, 4) is 0 Å². The van der Waals surface area contributed by atoms with E-state index in [-0.39, 0.29) is 0 Å². The van der Waals surface area contributed by atoms with Crippen molar-refractivity contribution in [2.75, 3.05) is 33.9 Å². The van der Waals surface area contributed by atoms with E-state index in [9.17, 15) is 5.11 Å². The summed E-state index contributed by atoms with van der Waals surface area (Å²) in [6, 6.07) is 0. The molecule has 1 heterocycles. The standard InChI is InChI=1S/C11H20N2O2S/c1-9-11(16-8-12-9)4-5-13(2)6-10(14)7-15-3/h8,10,14H,4-7H2,1-3H3. The lowest BCUT2D eigenvalue weighted by Crippen LogP contribution is -2.33. The van der Waals surface area contributed by atoms with Gasteiger partial charge in [0.05, 0.1) is 23.9 Å². The second kappa shape index (κ2) is 6.96. The van der Waals surface area contributed by atoms with E-state index in [1.807, 2.05) is 19.5 Å². The monoisotopic (exact) mass is 244 g/mol. The van der Waals surface area contributed by atoms with Gasteiger partial charge in [-0.3, -0.25) is 0 Å². The molecule has 1 rings (SSSR count). The third-order valence-corrected chi connectivity index (χ3v) is 3.44. The molecule has 92 valence electrons. The smallest absolute Gasteiger partial charge is 0.0899 e. The Hall–Kier alpha value is -0.490.